The summed E-state index contributed by atoms with van der Waals surface area (Å²) in [5.41, 5.74) is 4.48. The predicted octanol–water partition coefficient (Wildman–Crippen LogP) is 5.99. The highest BCUT2D eigenvalue weighted by Crippen LogP contribution is 2.37. The standard InChI is InChI=1S/C24H15N3O/c1-2-8-16(9-3-1)19-12-6-14-21(26-19)27-23-18(11-7-15-25-23)22-17-10-4-5-13-20(17)28-24(22)27/h1-15H. The minimum absolute atomic E-state index is 0.771. The van der Waals surface area contributed by atoms with E-state index in [2.05, 4.69) is 29.2 Å². The first kappa shape index (κ1) is 15.2. The molecular formula is C24H15N3O. The van der Waals surface area contributed by atoms with E-state index in [1.54, 1.807) is 6.20 Å². The number of rotatable bonds is 2. The Labute approximate surface area is 160 Å². The number of hydrogen-bond acceptors (Lipinski definition) is 3. The highest BCUT2D eigenvalue weighted by molar-refractivity contribution is 6.19. The fraction of sp³-hybridized carbons (Fsp3) is 0. The fourth-order valence-corrected chi connectivity index (χ4v) is 3.85. The van der Waals surface area contributed by atoms with E-state index >= 15 is 0 Å². The Bertz CT molecular complexity index is 1460. The number of furan rings is 1. The smallest absolute Gasteiger partial charge is 0.216 e. The minimum atomic E-state index is 0.771. The van der Waals surface area contributed by atoms with Gasteiger partial charge in [0.25, 0.3) is 0 Å². The molecule has 0 N–H and O–H groups in total. The highest BCUT2D eigenvalue weighted by Gasteiger charge is 2.20. The number of para-hydroxylation sites is 1. The average molecular weight is 361 g/mol. The number of nitrogens with zero attached hydrogens (tertiary/aromatic N) is 3. The molecule has 0 spiro atoms. The molecule has 4 aromatic heterocycles. The molecule has 4 nitrogen and oxygen atoms in total. The van der Waals surface area contributed by atoms with Crippen LogP contribution in [0.5, 0.6) is 0 Å². The first-order valence-electron chi connectivity index (χ1n) is 9.20. The van der Waals surface area contributed by atoms with Gasteiger partial charge in [-0.25, -0.2) is 14.5 Å². The summed E-state index contributed by atoms with van der Waals surface area (Å²) in [6, 6.07) is 28.4. The molecule has 0 aliphatic rings. The lowest BCUT2D eigenvalue weighted by molar-refractivity contribution is 0.643. The van der Waals surface area contributed by atoms with Crippen molar-refractivity contribution >= 4 is 33.1 Å². The van der Waals surface area contributed by atoms with Crippen LogP contribution in [0.3, 0.4) is 0 Å². The Hall–Kier alpha value is -3.92. The Morgan fingerprint density at radius 2 is 1.54 bits per heavy atom. The maximum atomic E-state index is 6.25. The second kappa shape index (κ2) is 5.79. The van der Waals surface area contributed by atoms with E-state index < -0.39 is 0 Å². The fourth-order valence-electron chi connectivity index (χ4n) is 3.85. The molecule has 0 fully saturated rings. The zero-order chi connectivity index (χ0) is 18.5. The summed E-state index contributed by atoms with van der Waals surface area (Å²) >= 11 is 0. The van der Waals surface area contributed by atoms with Gasteiger partial charge in [-0.1, -0.05) is 54.6 Å². The highest BCUT2D eigenvalue weighted by atomic mass is 16.3. The summed E-state index contributed by atoms with van der Waals surface area (Å²) in [7, 11) is 0. The average Bonchev–Trinajstić information content (AvgIpc) is 3.29. The number of aromatic nitrogens is 3. The van der Waals surface area contributed by atoms with Crippen molar-refractivity contribution in [3.63, 3.8) is 0 Å². The van der Waals surface area contributed by atoms with Gasteiger partial charge in [-0.05, 0) is 30.3 Å². The van der Waals surface area contributed by atoms with E-state index in [-0.39, 0.29) is 0 Å². The van der Waals surface area contributed by atoms with E-state index in [9.17, 15) is 0 Å². The molecule has 0 aliphatic carbocycles. The third-order valence-electron chi connectivity index (χ3n) is 5.08. The lowest BCUT2D eigenvalue weighted by Gasteiger charge is -2.07. The SMILES string of the molecule is c1ccc(-c2cccc(-n3c4ncccc4c4c5ccccc5oc43)n2)cc1. The molecule has 0 saturated carbocycles. The lowest BCUT2D eigenvalue weighted by atomic mass is 10.1. The number of benzene rings is 2. The molecule has 6 aromatic rings. The van der Waals surface area contributed by atoms with Crippen molar-refractivity contribution in [2.75, 3.05) is 0 Å². The van der Waals surface area contributed by atoms with Crippen LogP contribution in [0.4, 0.5) is 0 Å². The number of pyridine rings is 2. The third-order valence-corrected chi connectivity index (χ3v) is 5.08. The minimum Gasteiger partial charge on any atom is -0.439 e. The summed E-state index contributed by atoms with van der Waals surface area (Å²) in [5, 5.41) is 3.23. The maximum absolute atomic E-state index is 6.25. The third kappa shape index (κ3) is 2.12. The Morgan fingerprint density at radius 3 is 2.46 bits per heavy atom. The van der Waals surface area contributed by atoms with Gasteiger partial charge in [-0.2, -0.15) is 0 Å². The van der Waals surface area contributed by atoms with E-state index in [4.69, 9.17) is 9.40 Å². The molecule has 0 saturated heterocycles. The molecule has 28 heavy (non-hydrogen) atoms. The van der Waals surface area contributed by atoms with Gasteiger partial charge in [-0.3, -0.25) is 0 Å². The van der Waals surface area contributed by atoms with E-state index in [0.29, 0.717) is 0 Å². The van der Waals surface area contributed by atoms with E-state index in [0.717, 1.165) is 50.2 Å². The van der Waals surface area contributed by atoms with Crippen LogP contribution in [0.2, 0.25) is 0 Å². The van der Waals surface area contributed by atoms with E-state index in [1.807, 2.05) is 65.2 Å². The van der Waals surface area contributed by atoms with Gasteiger partial charge in [0.15, 0.2) is 0 Å². The van der Waals surface area contributed by atoms with Crippen molar-refractivity contribution in [3.8, 4) is 17.1 Å². The Kier molecular flexibility index (Phi) is 3.14. The molecule has 2 aromatic carbocycles. The van der Waals surface area contributed by atoms with Crippen LogP contribution in [-0.4, -0.2) is 14.5 Å². The molecule has 4 heteroatoms. The Balaban J connectivity index is 1.70. The van der Waals surface area contributed by atoms with Crippen molar-refractivity contribution in [3.05, 3.63) is 91.1 Å². The van der Waals surface area contributed by atoms with Crippen molar-refractivity contribution in [2.24, 2.45) is 0 Å². The van der Waals surface area contributed by atoms with Crippen molar-refractivity contribution < 1.29 is 4.42 Å². The molecule has 132 valence electrons. The summed E-state index contributed by atoms with van der Waals surface area (Å²) in [6.07, 6.45) is 1.81. The van der Waals surface area contributed by atoms with Crippen molar-refractivity contribution in [2.45, 2.75) is 0 Å². The van der Waals surface area contributed by atoms with Crippen LogP contribution in [0.1, 0.15) is 0 Å². The summed E-state index contributed by atoms with van der Waals surface area (Å²) in [5.74, 6) is 0.791. The van der Waals surface area contributed by atoms with Gasteiger partial charge in [0.1, 0.15) is 17.0 Å². The molecule has 0 bridgehead atoms. The van der Waals surface area contributed by atoms with Gasteiger partial charge >= 0.3 is 0 Å². The number of hydrogen-bond donors (Lipinski definition) is 0. The van der Waals surface area contributed by atoms with Crippen LogP contribution in [-0.2, 0) is 0 Å². The first-order valence-corrected chi connectivity index (χ1v) is 9.20. The van der Waals surface area contributed by atoms with E-state index in [1.165, 1.54) is 0 Å². The van der Waals surface area contributed by atoms with Crippen LogP contribution in [0.15, 0.2) is 95.5 Å². The zero-order valence-corrected chi connectivity index (χ0v) is 14.9. The topological polar surface area (TPSA) is 43.9 Å². The second-order valence-corrected chi connectivity index (χ2v) is 6.74. The molecule has 0 aliphatic heterocycles. The largest absolute Gasteiger partial charge is 0.439 e. The molecule has 0 radical (unpaired) electrons. The molecule has 0 amide bonds. The number of fused-ring (bicyclic) bond motifs is 5. The summed E-state index contributed by atoms with van der Waals surface area (Å²) in [4.78, 5) is 9.56. The van der Waals surface area contributed by atoms with Gasteiger partial charge in [0, 0.05) is 22.5 Å². The Morgan fingerprint density at radius 1 is 0.714 bits per heavy atom. The van der Waals surface area contributed by atoms with Crippen LogP contribution in [0, 0.1) is 0 Å². The van der Waals surface area contributed by atoms with Gasteiger partial charge in [-0.15, -0.1) is 0 Å². The van der Waals surface area contributed by atoms with Crippen LogP contribution >= 0.6 is 0 Å². The molecule has 4 heterocycles. The summed E-state index contributed by atoms with van der Waals surface area (Å²) < 4.78 is 8.26. The first-order chi connectivity index (χ1) is 13.9. The second-order valence-electron chi connectivity index (χ2n) is 6.74. The van der Waals surface area contributed by atoms with Crippen molar-refractivity contribution in [1.82, 2.24) is 14.5 Å². The van der Waals surface area contributed by atoms with Gasteiger partial charge in [0.05, 0.1) is 11.1 Å². The van der Waals surface area contributed by atoms with Crippen LogP contribution < -0.4 is 0 Å². The van der Waals surface area contributed by atoms with Crippen molar-refractivity contribution in [1.29, 1.82) is 0 Å². The molecule has 0 atom stereocenters. The van der Waals surface area contributed by atoms with Gasteiger partial charge < -0.3 is 4.42 Å². The molecule has 0 unspecified atom stereocenters. The predicted molar refractivity (Wildman–Crippen MR) is 112 cm³/mol. The zero-order valence-electron chi connectivity index (χ0n) is 14.9. The lowest BCUT2D eigenvalue weighted by Crippen LogP contribution is -1.99. The normalized spacial score (nSPS) is 11.6. The quantitative estimate of drug-likeness (QED) is 0.381. The van der Waals surface area contributed by atoms with Gasteiger partial charge in [0.2, 0.25) is 5.71 Å². The van der Waals surface area contributed by atoms with Crippen LogP contribution in [0.25, 0.3) is 50.2 Å². The molecular weight excluding hydrogens is 346 g/mol. The maximum Gasteiger partial charge on any atom is 0.216 e. The summed E-state index contributed by atoms with van der Waals surface area (Å²) in [6.45, 7) is 0. The monoisotopic (exact) mass is 361 g/mol. The molecule has 6 rings (SSSR count).